The number of hydrogen-bond donors (Lipinski definition) is 0. The second-order valence-corrected chi connectivity index (χ2v) is 6.02. The van der Waals surface area contributed by atoms with Crippen LogP contribution >= 0.6 is 15.9 Å². The topological polar surface area (TPSA) is 29.5 Å². The third-order valence-corrected chi connectivity index (χ3v) is 4.46. The number of carbonyl (C=O) groups is 1. The number of rotatable bonds is 5. The van der Waals surface area contributed by atoms with Crippen molar-refractivity contribution in [2.24, 2.45) is 0 Å². The first-order chi connectivity index (χ1) is 11.0. The Balaban J connectivity index is 2.32. The normalized spacial score (nSPS) is 11.9. The summed E-state index contributed by atoms with van der Waals surface area (Å²) in [7, 11) is 1.61. The predicted molar refractivity (Wildman–Crippen MR) is 92.2 cm³/mol. The summed E-state index contributed by atoms with van der Waals surface area (Å²) < 4.78 is 18.9. The summed E-state index contributed by atoms with van der Waals surface area (Å²) in [6.07, 6.45) is 0. The van der Waals surface area contributed by atoms with E-state index in [2.05, 4.69) is 15.9 Å². The van der Waals surface area contributed by atoms with Crippen molar-refractivity contribution >= 4 is 21.8 Å². The van der Waals surface area contributed by atoms with Crippen molar-refractivity contribution in [3.05, 3.63) is 63.9 Å². The lowest BCUT2D eigenvalue weighted by Crippen LogP contribution is -2.33. The average Bonchev–Trinajstić information content (AvgIpc) is 2.55. The Morgan fingerprint density at radius 2 is 2.04 bits per heavy atom. The second-order valence-electron chi connectivity index (χ2n) is 5.17. The van der Waals surface area contributed by atoms with E-state index in [-0.39, 0.29) is 17.8 Å². The van der Waals surface area contributed by atoms with Crippen molar-refractivity contribution in [3.8, 4) is 5.75 Å². The minimum atomic E-state index is -0.377. The average molecular weight is 380 g/mol. The summed E-state index contributed by atoms with van der Waals surface area (Å²) in [5.41, 5.74) is 1.43. The molecule has 2 aromatic rings. The van der Waals surface area contributed by atoms with E-state index in [1.807, 2.05) is 38.1 Å². The lowest BCUT2D eigenvalue weighted by Gasteiger charge is -2.29. The Morgan fingerprint density at radius 3 is 2.65 bits per heavy atom. The third kappa shape index (κ3) is 3.91. The summed E-state index contributed by atoms with van der Waals surface area (Å²) in [5, 5.41) is 0. The maximum Gasteiger partial charge on any atom is 0.255 e. The van der Waals surface area contributed by atoms with Gasteiger partial charge in [0.2, 0.25) is 0 Å². The van der Waals surface area contributed by atoms with E-state index in [1.54, 1.807) is 12.0 Å². The molecule has 0 saturated carbocycles. The van der Waals surface area contributed by atoms with Gasteiger partial charge in [-0.3, -0.25) is 4.79 Å². The molecular formula is C18H19BrFNO2. The van der Waals surface area contributed by atoms with Crippen LogP contribution in [0, 0.1) is 5.82 Å². The highest BCUT2D eigenvalue weighted by Crippen LogP contribution is 2.27. The number of methoxy groups -OCH3 is 1. The molecule has 0 saturated heterocycles. The fraction of sp³-hybridized carbons (Fsp3) is 0.278. The van der Waals surface area contributed by atoms with Gasteiger partial charge in [0.1, 0.15) is 11.6 Å². The molecule has 2 rings (SSSR count). The van der Waals surface area contributed by atoms with Gasteiger partial charge in [-0.25, -0.2) is 4.39 Å². The fourth-order valence-electron chi connectivity index (χ4n) is 2.49. The molecule has 0 spiro atoms. The first kappa shape index (κ1) is 17.5. The van der Waals surface area contributed by atoms with E-state index in [0.29, 0.717) is 16.6 Å². The van der Waals surface area contributed by atoms with Crippen LogP contribution in [0.25, 0.3) is 0 Å². The molecule has 2 aromatic carbocycles. The quantitative estimate of drug-likeness (QED) is 0.744. The van der Waals surface area contributed by atoms with Crippen molar-refractivity contribution < 1.29 is 13.9 Å². The number of amides is 1. The number of hydrogen-bond acceptors (Lipinski definition) is 2. The van der Waals surface area contributed by atoms with Gasteiger partial charge in [-0.05, 0) is 65.7 Å². The molecule has 23 heavy (non-hydrogen) atoms. The van der Waals surface area contributed by atoms with Crippen molar-refractivity contribution in [1.82, 2.24) is 4.90 Å². The molecule has 1 amide bonds. The number of ether oxygens (including phenoxy) is 1. The monoisotopic (exact) mass is 379 g/mol. The van der Waals surface area contributed by atoms with Gasteiger partial charge in [-0.2, -0.15) is 0 Å². The molecule has 122 valence electrons. The lowest BCUT2D eigenvalue weighted by atomic mass is 10.0. The van der Waals surface area contributed by atoms with Gasteiger partial charge >= 0.3 is 0 Å². The Hall–Kier alpha value is -1.88. The minimum absolute atomic E-state index is 0.125. The molecule has 0 aliphatic rings. The summed E-state index contributed by atoms with van der Waals surface area (Å²) in [6.45, 7) is 4.43. The van der Waals surface area contributed by atoms with E-state index < -0.39 is 0 Å². The second kappa shape index (κ2) is 7.59. The Bertz CT molecular complexity index is 705. The van der Waals surface area contributed by atoms with Crippen LogP contribution in [-0.4, -0.2) is 24.5 Å². The molecule has 0 aromatic heterocycles. The highest BCUT2D eigenvalue weighted by molar-refractivity contribution is 9.10. The van der Waals surface area contributed by atoms with Crippen LogP contribution in [0.5, 0.6) is 5.75 Å². The molecule has 0 bridgehead atoms. The third-order valence-electron chi connectivity index (χ3n) is 3.81. The number of nitrogens with zero attached hydrogens (tertiary/aromatic N) is 1. The summed E-state index contributed by atoms with van der Waals surface area (Å²) in [6, 6.07) is 11.6. The zero-order chi connectivity index (χ0) is 17.0. The van der Waals surface area contributed by atoms with Gasteiger partial charge < -0.3 is 9.64 Å². The summed E-state index contributed by atoms with van der Waals surface area (Å²) >= 11 is 3.27. The zero-order valence-corrected chi connectivity index (χ0v) is 14.9. The van der Waals surface area contributed by atoms with Crippen LogP contribution in [0.3, 0.4) is 0 Å². The maximum atomic E-state index is 13.2. The molecule has 0 aliphatic heterocycles. The van der Waals surface area contributed by atoms with E-state index in [9.17, 15) is 9.18 Å². The van der Waals surface area contributed by atoms with Gasteiger partial charge in [0, 0.05) is 11.0 Å². The fourth-order valence-corrected chi connectivity index (χ4v) is 3.01. The first-order valence-corrected chi connectivity index (χ1v) is 8.17. The van der Waals surface area contributed by atoms with Gasteiger partial charge in [-0.15, -0.1) is 0 Å². The molecule has 1 atom stereocenters. The van der Waals surface area contributed by atoms with E-state index in [0.717, 1.165) is 11.3 Å². The predicted octanol–water partition coefficient (Wildman–Crippen LogP) is 4.82. The van der Waals surface area contributed by atoms with Crippen molar-refractivity contribution in [1.29, 1.82) is 0 Å². The van der Waals surface area contributed by atoms with Gasteiger partial charge in [0.05, 0.1) is 18.7 Å². The van der Waals surface area contributed by atoms with E-state index >= 15 is 0 Å². The molecule has 3 nitrogen and oxygen atoms in total. The van der Waals surface area contributed by atoms with Crippen LogP contribution in [0.1, 0.15) is 35.8 Å². The molecule has 0 fully saturated rings. The SMILES string of the molecule is CCN(C(=O)c1ccc(F)cc1Br)C(C)c1cccc(OC)c1. The van der Waals surface area contributed by atoms with Gasteiger partial charge in [-0.1, -0.05) is 12.1 Å². The van der Waals surface area contributed by atoms with Crippen LogP contribution in [0.2, 0.25) is 0 Å². The maximum absolute atomic E-state index is 13.2. The Labute approximate surface area is 144 Å². The number of benzene rings is 2. The molecule has 0 aliphatic carbocycles. The minimum Gasteiger partial charge on any atom is -0.497 e. The molecular weight excluding hydrogens is 361 g/mol. The molecule has 1 unspecified atom stereocenters. The molecule has 0 radical (unpaired) electrons. The summed E-state index contributed by atoms with van der Waals surface area (Å²) in [4.78, 5) is 14.6. The van der Waals surface area contributed by atoms with Crippen molar-refractivity contribution in [2.75, 3.05) is 13.7 Å². The summed E-state index contributed by atoms with van der Waals surface area (Å²) in [5.74, 6) is 0.229. The van der Waals surface area contributed by atoms with Gasteiger partial charge in [0.25, 0.3) is 5.91 Å². The van der Waals surface area contributed by atoms with Crippen LogP contribution in [0.4, 0.5) is 4.39 Å². The zero-order valence-electron chi connectivity index (χ0n) is 13.3. The first-order valence-electron chi connectivity index (χ1n) is 7.38. The van der Waals surface area contributed by atoms with E-state index in [1.165, 1.54) is 18.2 Å². The van der Waals surface area contributed by atoms with E-state index in [4.69, 9.17) is 4.74 Å². The standard InChI is InChI=1S/C18H19BrFNO2/c1-4-21(12(2)13-6-5-7-15(10-13)23-3)18(22)16-9-8-14(20)11-17(16)19/h5-12H,4H2,1-3H3. The van der Waals surface area contributed by atoms with Crippen molar-refractivity contribution in [2.45, 2.75) is 19.9 Å². The number of carbonyl (C=O) groups excluding carboxylic acids is 1. The largest absolute Gasteiger partial charge is 0.497 e. The highest BCUT2D eigenvalue weighted by atomic mass is 79.9. The van der Waals surface area contributed by atoms with Crippen LogP contribution in [0.15, 0.2) is 46.9 Å². The lowest BCUT2D eigenvalue weighted by molar-refractivity contribution is 0.0701. The Kier molecular flexibility index (Phi) is 5.77. The van der Waals surface area contributed by atoms with Crippen LogP contribution in [-0.2, 0) is 0 Å². The van der Waals surface area contributed by atoms with Crippen molar-refractivity contribution in [3.63, 3.8) is 0 Å². The Morgan fingerprint density at radius 1 is 1.30 bits per heavy atom. The number of halogens is 2. The smallest absolute Gasteiger partial charge is 0.255 e. The molecule has 0 heterocycles. The van der Waals surface area contributed by atoms with Gasteiger partial charge in [0.15, 0.2) is 0 Å². The molecule has 0 N–H and O–H groups in total. The molecule has 5 heteroatoms. The highest BCUT2D eigenvalue weighted by Gasteiger charge is 2.23. The van der Waals surface area contributed by atoms with Crippen LogP contribution < -0.4 is 4.74 Å².